The van der Waals surface area contributed by atoms with Gasteiger partial charge >= 0.3 is 17.8 Å². The number of amides is 1. The monoisotopic (exact) mass is 323 g/mol. The van der Waals surface area contributed by atoms with Gasteiger partial charge in [-0.25, -0.2) is 9.59 Å². The minimum Gasteiger partial charge on any atom is -0.483 e. The second-order valence-electron chi connectivity index (χ2n) is 4.89. The molecule has 0 radical (unpaired) electrons. The highest BCUT2D eigenvalue weighted by Crippen LogP contribution is 2.15. The number of nitrogens with one attached hydrogen (secondary N) is 1. The van der Waals surface area contributed by atoms with Gasteiger partial charge in [-0.05, 0) is 31.5 Å². The summed E-state index contributed by atoms with van der Waals surface area (Å²) in [6.45, 7) is 3.01. The lowest BCUT2D eigenvalue weighted by Gasteiger charge is -2.14. The van der Waals surface area contributed by atoms with Gasteiger partial charge < -0.3 is 20.3 Å². The van der Waals surface area contributed by atoms with Gasteiger partial charge in [-0.2, -0.15) is 0 Å². The normalized spacial score (nSPS) is 12.8. The van der Waals surface area contributed by atoms with Crippen molar-refractivity contribution in [3.05, 3.63) is 29.8 Å². The summed E-state index contributed by atoms with van der Waals surface area (Å²) in [6, 6.07) is 4.91. The van der Waals surface area contributed by atoms with E-state index in [2.05, 4.69) is 0 Å². The molecule has 0 aliphatic carbocycles. The summed E-state index contributed by atoms with van der Waals surface area (Å²) in [4.78, 5) is 43.7. The van der Waals surface area contributed by atoms with Gasteiger partial charge in [-0.1, -0.05) is 12.1 Å². The number of carboxylic acid groups (broad SMARTS) is 2. The number of ether oxygens (including phenoxy) is 1. The lowest BCUT2D eigenvalue weighted by molar-refractivity contribution is -0.152. The van der Waals surface area contributed by atoms with E-state index < -0.39 is 30.0 Å². The first-order valence-electron chi connectivity index (χ1n) is 6.73. The molecule has 8 heteroatoms. The number of ketones is 1. The summed E-state index contributed by atoms with van der Waals surface area (Å²) in [7, 11) is 0. The van der Waals surface area contributed by atoms with Crippen LogP contribution in [0.1, 0.15) is 19.4 Å². The zero-order valence-electron chi connectivity index (χ0n) is 12.6. The average molecular weight is 323 g/mol. The fourth-order valence-electron chi connectivity index (χ4n) is 1.65. The van der Waals surface area contributed by atoms with Crippen molar-refractivity contribution in [2.24, 2.45) is 0 Å². The average Bonchev–Trinajstić information content (AvgIpc) is 2.47. The van der Waals surface area contributed by atoms with E-state index in [0.29, 0.717) is 11.3 Å². The summed E-state index contributed by atoms with van der Waals surface area (Å²) in [5, 5.41) is 19.4. The summed E-state index contributed by atoms with van der Waals surface area (Å²) in [5.41, 5.74) is 0.561. The van der Waals surface area contributed by atoms with Crippen molar-refractivity contribution in [1.82, 2.24) is 5.32 Å². The Morgan fingerprint density at radius 3 is 2.13 bits per heavy atom. The molecule has 1 aromatic rings. The molecule has 1 rings (SSSR count). The number of Topliss-reactive ketones (excluding diaryl/α,β-unsaturated/α-hetero) is 1. The van der Waals surface area contributed by atoms with Crippen molar-refractivity contribution in [2.75, 3.05) is 0 Å². The van der Waals surface area contributed by atoms with E-state index in [0.717, 1.165) is 0 Å². The molecule has 0 fully saturated rings. The van der Waals surface area contributed by atoms with Crippen LogP contribution in [-0.4, -0.2) is 46.0 Å². The van der Waals surface area contributed by atoms with Gasteiger partial charge in [0.05, 0.1) is 0 Å². The van der Waals surface area contributed by atoms with Crippen LogP contribution in [-0.2, 0) is 25.6 Å². The summed E-state index contributed by atoms with van der Waals surface area (Å²) in [5.74, 6) is -4.16. The van der Waals surface area contributed by atoms with Crippen molar-refractivity contribution in [1.29, 1.82) is 0 Å². The van der Waals surface area contributed by atoms with Crippen molar-refractivity contribution in [3.8, 4) is 5.75 Å². The molecule has 0 aromatic heterocycles. The first-order chi connectivity index (χ1) is 10.7. The molecular formula is C15H17NO7. The van der Waals surface area contributed by atoms with Crippen LogP contribution in [0.25, 0.3) is 0 Å². The molecule has 1 amide bonds. The molecule has 2 atom stereocenters. The Bertz CT molecular complexity index is 609. The number of carbonyl (C=O) groups excluding carboxylic acids is 2. The number of aliphatic carboxylic acids is 2. The maximum absolute atomic E-state index is 11.1. The van der Waals surface area contributed by atoms with E-state index in [1.807, 2.05) is 5.32 Å². The van der Waals surface area contributed by atoms with E-state index >= 15 is 0 Å². The SMILES string of the molecule is CC(=O)C(C)Oc1ccc(CC(NC(=O)C(=O)O)C(=O)O)cc1. The van der Waals surface area contributed by atoms with Crippen LogP contribution in [0, 0.1) is 0 Å². The standard InChI is InChI=1S/C15H17NO7/c1-8(17)9(2)23-11-5-3-10(4-6-11)7-12(14(19)20)16-13(18)15(21)22/h3-6,9,12H,7H2,1-2H3,(H,16,18)(H,19,20)(H,21,22). The quantitative estimate of drug-likeness (QED) is 0.613. The number of hydrogen-bond donors (Lipinski definition) is 3. The number of benzene rings is 1. The van der Waals surface area contributed by atoms with E-state index in [9.17, 15) is 19.2 Å². The van der Waals surface area contributed by atoms with Crippen molar-refractivity contribution >= 4 is 23.6 Å². The second kappa shape index (κ2) is 7.92. The first-order valence-corrected chi connectivity index (χ1v) is 6.73. The zero-order chi connectivity index (χ0) is 17.6. The van der Waals surface area contributed by atoms with Crippen molar-refractivity contribution < 1.29 is 34.1 Å². The molecule has 3 N–H and O–H groups in total. The number of carbonyl (C=O) groups is 4. The van der Waals surface area contributed by atoms with Crippen LogP contribution < -0.4 is 10.1 Å². The Morgan fingerprint density at radius 1 is 1.13 bits per heavy atom. The van der Waals surface area contributed by atoms with Gasteiger partial charge in [0.2, 0.25) is 0 Å². The second-order valence-corrected chi connectivity index (χ2v) is 4.89. The Kier molecular flexibility index (Phi) is 6.25. The van der Waals surface area contributed by atoms with Crippen molar-refractivity contribution in [3.63, 3.8) is 0 Å². The molecule has 23 heavy (non-hydrogen) atoms. The van der Waals surface area contributed by atoms with Gasteiger partial charge in [0.25, 0.3) is 0 Å². The van der Waals surface area contributed by atoms with Gasteiger partial charge in [-0.3, -0.25) is 9.59 Å². The summed E-state index contributed by atoms with van der Waals surface area (Å²) >= 11 is 0. The predicted molar refractivity (Wildman–Crippen MR) is 78.1 cm³/mol. The molecule has 0 saturated carbocycles. The van der Waals surface area contributed by atoms with Crippen LogP contribution in [0.15, 0.2) is 24.3 Å². The van der Waals surface area contributed by atoms with Crippen LogP contribution in [0.3, 0.4) is 0 Å². The Labute approximate surface area is 132 Å². The third kappa shape index (κ3) is 5.77. The zero-order valence-corrected chi connectivity index (χ0v) is 12.6. The molecule has 0 bridgehead atoms. The molecule has 1 aromatic carbocycles. The maximum Gasteiger partial charge on any atom is 0.394 e. The highest BCUT2D eigenvalue weighted by molar-refractivity contribution is 6.31. The fourth-order valence-corrected chi connectivity index (χ4v) is 1.65. The van der Waals surface area contributed by atoms with E-state index in [4.69, 9.17) is 14.9 Å². The van der Waals surface area contributed by atoms with Crippen LogP contribution in [0.2, 0.25) is 0 Å². The Morgan fingerprint density at radius 2 is 1.70 bits per heavy atom. The first kappa shape index (κ1) is 18.1. The summed E-state index contributed by atoms with van der Waals surface area (Å²) < 4.78 is 5.37. The fraction of sp³-hybridized carbons (Fsp3) is 0.333. The van der Waals surface area contributed by atoms with Gasteiger partial charge in [-0.15, -0.1) is 0 Å². The molecule has 124 valence electrons. The molecule has 0 spiro atoms. The number of carboxylic acids is 2. The van der Waals surface area contributed by atoms with Gasteiger partial charge in [0.15, 0.2) is 11.9 Å². The summed E-state index contributed by atoms with van der Waals surface area (Å²) in [6.07, 6.45) is -0.681. The lowest BCUT2D eigenvalue weighted by atomic mass is 10.1. The third-order valence-corrected chi connectivity index (χ3v) is 3.05. The maximum atomic E-state index is 11.1. The minimum absolute atomic E-state index is 0.0864. The minimum atomic E-state index is -1.75. The number of hydrogen-bond acceptors (Lipinski definition) is 5. The Hall–Kier alpha value is -2.90. The molecular weight excluding hydrogens is 306 g/mol. The molecule has 0 aliphatic rings. The molecule has 0 saturated heterocycles. The number of rotatable bonds is 7. The smallest absolute Gasteiger partial charge is 0.394 e. The lowest BCUT2D eigenvalue weighted by Crippen LogP contribution is -2.45. The molecule has 0 heterocycles. The van der Waals surface area contributed by atoms with E-state index in [1.54, 1.807) is 31.2 Å². The molecule has 8 nitrogen and oxygen atoms in total. The van der Waals surface area contributed by atoms with E-state index in [1.165, 1.54) is 6.92 Å². The molecule has 2 unspecified atom stereocenters. The van der Waals surface area contributed by atoms with Crippen LogP contribution in [0.5, 0.6) is 5.75 Å². The Balaban J connectivity index is 2.74. The van der Waals surface area contributed by atoms with E-state index in [-0.39, 0.29) is 12.2 Å². The van der Waals surface area contributed by atoms with Crippen LogP contribution in [0.4, 0.5) is 0 Å². The topological polar surface area (TPSA) is 130 Å². The van der Waals surface area contributed by atoms with Gasteiger partial charge in [0.1, 0.15) is 11.8 Å². The highest BCUT2D eigenvalue weighted by Gasteiger charge is 2.23. The highest BCUT2D eigenvalue weighted by atomic mass is 16.5. The molecule has 0 aliphatic heterocycles. The predicted octanol–water partition coefficient (Wildman–Crippen LogP) is 0.239. The van der Waals surface area contributed by atoms with Gasteiger partial charge in [0, 0.05) is 6.42 Å². The largest absolute Gasteiger partial charge is 0.483 e. The third-order valence-electron chi connectivity index (χ3n) is 3.05. The van der Waals surface area contributed by atoms with Crippen LogP contribution >= 0.6 is 0 Å². The van der Waals surface area contributed by atoms with Crippen molar-refractivity contribution in [2.45, 2.75) is 32.4 Å².